The highest BCUT2D eigenvalue weighted by Crippen LogP contribution is 2.38. The van der Waals surface area contributed by atoms with E-state index >= 15 is 0 Å². The quantitative estimate of drug-likeness (QED) is 0.0470. The number of allylic oxidation sites excluding steroid dienone is 2. The Kier molecular flexibility index (Phi) is 22.7. The van der Waals surface area contributed by atoms with Crippen LogP contribution in [0.3, 0.4) is 0 Å². The van der Waals surface area contributed by atoms with Gasteiger partial charge in [0.1, 0.15) is 25.9 Å². The predicted octanol–water partition coefficient (Wildman–Crippen LogP) is 5.92. The maximum absolute atomic E-state index is 11.8. The number of carbonyl (C=O) groups is 1. The average molecular weight is 550 g/mol. The molecule has 0 saturated heterocycles. The predicted molar refractivity (Wildman–Crippen MR) is 148 cm³/mol. The summed E-state index contributed by atoms with van der Waals surface area (Å²) in [6.45, 7) is 1.93. The van der Waals surface area contributed by atoms with E-state index in [1.165, 1.54) is 77.0 Å². The van der Waals surface area contributed by atoms with E-state index in [0.29, 0.717) is 17.4 Å². The number of nitrogens with zero attached hydrogens (tertiary/aromatic N) is 1. The van der Waals surface area contributed by atoms with E-state index in [1.807, 2.05) is 21.1 Å². The number of rotatable bonds is 26. The molecule has 37 heavy (non-hydrogen) atoms. The maximum atomic E-state index is 11.8. The van der Waals surface area contributed by atoms with Crippen molar-refractivity contribution in [3.05, 3.63) is 12.2 Å². The second-order valence-corrected chi connectivity index (χ2v) is 12.4. The first-order chi connectivity index (χ1) is 17.6. The number of unbranched alkanes of at least 4 members (excludes halogenated alkanes) is 13. The Morgan fingerprint density at radius 1 is 0.838 bits per heavy atom. The van der Waals surface area contributed by atoms with Gasteiger partial charge in [0, 0.05) is 6.42 Å². The van der Waals surface area contributed by atoms with Gasteiger partial charge < -0.3 is 28.3 Å². The number of quaternary nitrogens is 1. The Hall–Kier alpha value is -0.760. The highest BCUT2D eigenvalue weighted by molar-refractivity contribution is 7.45. The monoisotopic (exact) mass is 549 g/mol. The van der Waals surface area contributed by atoms with Crippen LogP contribution in [0.4, 0.5) is 0 Å². The largest absolute Gasteiger partial charge is 0.756 e. The minimum atomic E-state index is -4.49. The van der Waals surface area contributed by atoms with Gasteiger partial charge in [0.15, 0.2) is 0 Å². The van der Waals surface area contributed by atoms with Crippen molar-refractivity contribution in [2.24, 2.45) is 0 Å². The number of likely N-dealkylation sites (N-methyl/N-ethyl adjacent to an activating group) is 1. The van der Waals surface area contributed by atoms with Gasteiger partial charge in [-0.05, 0) is 32.1 Å². The highest BCUT2D eigenvalue weighted by Gasteiger charge is 2.16. The van der Waals surface area contributed by atoms with Crippen LogP contribution in [-0.2, 0) is 23.1 Å². The first-order valence-corrected chi connectivity index (χ1v) is 15.9. The first kappa shape index (κ1) is 36.2. The molecule has 1 N–H and O–H groups in total. The lowest BCUT2D eigenvalue weighted by molar-refractivity contribution is -0.870. The number of phosphoric acid groups is 1. The van der Waals surface area contributed by atoms with E-state index in [0.717, 1.165) is 19.3 Å². The second-order valence-electron chi connectivity index (χ2n) is 11.0. The fourth-order valence-corrected chi connectivity index (χ4v) is 4.38. The van der Waals surface area contributed by atoms with Crippen LogP contribution in [0, 0.1) is 0 Å². The Morgan fingerprint density at radius 2 is 1.35 bits per heavy atom. The number of carbonyl (C=O) groups excluding carboxylic acids is 1. The molecule has 0 bridgehead atoms. The third kappa shape index (κ3) is 28.1. The number of esters is 1. The molecule has 0 saturated carbocycles. The van der Waals surface area contributed by atoms with Gasteiger partial charge in [0.05, 0.1) is 27.7 Å². The van der Waals surface area contributed by atoms with E-state index < -0.39 is 26.5 Å². The zero-order valence-electron chi connectivity index (χ0n) is 24.2. The summed E-state index contributed by atoms with van der Waals surface area (Å²) in [5.74, 6) is -0.390. The topological polar surface area (TPSA) is 105 Å². The number of aliphatic hydroxyl groups is 1. The fraction of sp³-hybridized carbons (Fsp3) is 0.893. The lowest BCUT2D eigenvalue weighted by Gasteiger charge is -2.27. The summed E-state index contributed by atoms with van der Waals surface area (Å²) in [6.07, 6.45) is 22.0. The minimum absolute atomic E-state index is 0.00741. The van der Waals surface area contributed by atoms with E-state index in [2.05, 4.69) is 23.6 Å². The number of hydrogen-bond donors (Lipinski definition) is 1. The van der Waals surface area contributed by atoms with Crippen LogP contribution in [0.1, 0.15) is 110 Å². The molecule has 0 aliphatic carbocycles. The third-order valence-electron chi connectivity index (χ3n) is 6.02. The molecule has 0 aromatic carbocycles. The van der Waals surface area contributed by atoms with Gasteiger partial charge in [-0.15, -0.1) is 0 Å². The zero-order valence-corrected chi connectivity index (χ0v) is 25.1. The SMILES string of the molecule is CCCCCC/C=C\CCCCCCCCCCCC(=O)OC[C@@H](O)COP(=O)([O-])OCC[N+](C)(C)C. The van der Waals surface area contributed by atoms with Crippen molar-refractivity contribution >= 4 is 13.8 Å². The molecule has 9 heteroatoms. The molecule has 0 spiro atoms. The molecule has 1 unspecified atom stereocenters. The van der Waals surface area contributed by atoms with Crippen LogP contribution in [0.5, 0.6) is 0 Å². The Balaban J connectivity index is 3.53. The molecule has 0 aromatic heterocycles. The van der Waals surface area contributed by atoms with Gasteiger partial charge in [0.25, 0.3) is 7.82 Å². The van der Waals surface area contributed by atoms with Gasteiger partial charge in [-0.3, -0.25) is 9.36 Å². The van der Waals surface area contributed by atoms with Crippen molar-refractivity contribution in [1.82, 2.24) is 0 Å². The molecule has 0 rings (SSSR count). The van der Waals surface area contributed by atoms with E-state index in [1.54, 1.807) is 0 Å². The minimum Gasteiger partial charge on any atom is -0.756 e. The number of aliphatic hydroxyl groups excluding tert-OH is 1. The summed E-state index contributed by atoms with van der Waals surface area (Å²) in [4.78, 5) is 23.5. The lowest BCUT2D eigenvalue weighted by atomic mass is 10.1. The van der Waals surface area contributed by atoms with Gasteiger partial charge in [-0.2, -0.15) is 0 Å². The summed E-state index contributed by atoms with van der Waals surface area (Å²) in [7, 11) is 1.25. The van der Waals surface area contributed by atoms with Crippen molar-refractivity contribution in [3.63, 3.8) is 0 Å². The molecule has 8 nitrogen and oxygen atoms in total. The lowest BCUT2D eigenvalue weighted by Crippen LogP contribution is -2.37. The number of ether oxygens (including phenoxy) is 1. The normalized spacial score (nSPS) is 14.6. The Labute approximate surface area is 227 Å². The van der Waals surface area contributed by atoms with Crippen LogP contribution in [-0.4, -0.2) is 69.2 Å². The summed E-state index contributed by atoms with van der Waals surface area (Å²) in [6, 6.07) is 0. The molecular weight excluding hydrogens is 493 g/mol. The first-order valence-electron chi connectivity index (χ1n) is 14.4. The van der Waals surface area contributed by atoms with E-state index in [-0.39, 0.29) is 13.2 Å². The van der Waals surface area contributed by atoms with Gasteiger partial charge in [-0.1, -0.05) is 83.3 Å². The molecule has 0 radical (unpaired) electrons. The average Bonchev–Trinajstić information content (AvgIpc) is 2.82. The Bertz CT molecular complexity index is 622. The van der Waals surface area contributed by atoms with Crippen LogP contribution in [0.25, 0.3) is 0 Å². The van der Waals surface area contributed by atoms with E-state index in [4.69, 9.17) is 9.26 Å². The standard InChI is InChI=1S/C28H56NO7P/c1-5-6-7-8-9-10-11-12-13-14-15-16-17-18-19-20-21-22-28(31)34-25-27(30)26-36-37(32,33)35-24-23-29(2,3)4/h10-11,27,30H,5-9,12-26H2,1-4H3/b11-10-/t27-/m1/s1. The van der Waals surface area contributed by atoms with Gasteiger partial charge in [-0.25, -0.2) is 0 Å². The molecule has 220 valence electrons. The molecule has 0 heterocycles. The summed E-state index contributed by atoms with van der Waals surface area (Å²) < 4.78 is 26.7. The zero-order chi connectivity index (χ0) is 27.8. The van der Waals surface area contributed by atoms with Crippen molar-refractivity contribution in [2.45, 2.75) is 116 Å². The second kappa shape index (κ2) is 23.2. The van der Waals surface area contributed by atoms with Crippen molar-refractivity contribution < 1.29 is 37.6 Å². The van der Waals surface area contributed by atoms with Crippen molar-refractivity contribution in [3.8, 4) is 0 Å². The fourth-order valence-electron chi connectivity index (χ4n) is 3.64. The van der Waals surface area contributed by atoms with Crippen LogP contribution in [0.15, 0.2) is 12.2 Å². The summed E-state index contributed by atoms with van der Waals surface area (Å²) in [5, 5.41) is 9.81. The third-order valence-corrected chi connectivity index (χ3v) is 6.98. The maximum Gasteiger partial charge on any atom is 0.305 e. The molecule has 0 amide bonds. The summed E-state index contributed by atoms with van der Waals surface area (Å²) >= 11 is 0. The van der Waals surface area contributed by atoms with Crippen molar-refractivity contribution in [1.29, 1.82) is 0 Å². The van der Waals surface area contributed by atoms with Crippen LogP contribution >= 0.6 is 7.82 Å². The van der Waals surface area contributed by atoms with Crippen LogP contribution in [0.2, 0.25) is 0 Å². The van der Waals surface area contributed by atoms with Gasteiger partial charge in [0.2, 0.25) is 0 Å². The molecule has 0 aliphatic heterocycles. The Morgan fingerprint density at radius 3 is 1.89 bits per heavy atom. The number of phosphoric ester groups is 1. The molecule has 0 fully saturated rings. The smallest absolute Gasteiger partial charge is 0.305 e. The molecule has 2 atom stereocenters. The van der Waals surface area contributed by atoms with Crippen LogP contribution < -0.4 is 4.89 Å². The number of hydrogen-bond acceptors (Lipinski definition) is 7. The van der Waals surface area contributed by atoms with E-state index in [9.17, 15) is 19.4 Å². The van der Waals surface area contributed by atoms with Crippen molar-refractivity contribution in [2.75, 3.05) is 47.5 Å². The highest BCUT2D eigenvalue weighted by atomic mass is 31.2. The molecular formula is C28H56NO7P. The van der Waals surface area contributed by atoms with Gasteiger partial charge >= 0.3 is 5.97 Å². The summed E-state index contributed by atoms with van der Waals surface area (Å²) in [5.41, 5.74) is 0. The molecule has 0 aliphatic rings. The molecule has 0 aromatic rings.